The van der Waals surface area contributed by atoms with E-state index in [2.05, 4.69) is 36.6 Å². The predicted octanol–water partition coefficient (Wildman–Crippen LogP) is 4.21. The van der Waals surface area contributed by atoms with Gasteiger partial charge in [0.05, 0.1) is 11.8 Å². The van der Waals surface area contributed by atoms with Crippen LogP contribution in [0.25, 0.3) is 5.52 Å². The van der Waals surface area contributed by atoms with Crippen LogP contribution < -0.4 is 5.73 Å². The molecule has 0 amide bonds. The smallest absolute Gasteiger partial charge is 0.248 e. The number of hydrogen-bond acceptors (Lipinski definition) is 11. The summed E-state index contributed by atoms with van der Waals surface area (Å²) in [5.74, 6) is -0.223. The van der Waals surface area contributed by atoms with Gasteiger partial charge >= 0.3 is 0 Å². The Bertz CT molecular complexity index is 1480. The highest BCUT2D eigenvalue weighted by atomic mass is 32.9. The van der Waals surface area contributed by atoms with Gasteiger partial charge in [-0.15, -0.1) is 0 Å². The highest BCUT2D eigenvalue weighted by Gasteiger charge is 2.89. The molecular formula is C25H30N5O5PS2. The number of allylic oxidation sites excluding steroid dienone is 1. The minimum absolute atomic E-state index is 0.00852. The molecule has 2 N–H and O–H groups in total. The molecule has 38 heavy (non-hydrogen) atoms. The molecule has 5 aliphatic rings. The second-order valence-corrected chi connectivity index (χ2v) is 18.2. The zero-order chi connectivity index (χ0) is 26.9. The molecule has 0 radical (unpaired) electrons. The second-order valence-electron chi connectivity index (χ2n) is 11.7. The van der Waals surface area contributed by atoms with Crippen molar-refractivity contribution in [2.45, 2.75) is 93.1 Å². The number of nitrogens with zero attached hydrogens (tertiary/aromatic N) is 4. The fraction of sp³-hybridized carbons (Fsp3) is 0.640. The molecule has 3 saturated heterocycles. The van der Waals surface area contributed by atoms with Gasteiger partial charge in [-0.1, -0.05) is 23.5 Å². The van der Waals surface area contributed by atoms with Crippen LogP contribution in [0.2, 0.25) is 0 Å². The largest absolute Gasteiger partial charge is 0.382 e. The summed E-state index contributed by atoms with van der Waals surface area (Å²) in [6, 6.07) is 5.92. The number of fused-ring (bicyclic) bond motifs is 2. The fourth-order valence-electron chi connectivity index (χ4n) is 6.71. The van der Waals surface area contributed by atoms with Crippen molar-refractivity contribution in [3.05, 3.63) is 36.3 Å². The number of rotatable bonds is 4. The summed E-state index contributed by atoms with van der Waals surface area (Å²) in [6.45, 7) is 12.1. The van der Waals surface area contributed by atoms with E-state index in [4.69, 9.17) is 40.8 Å². The first-order chi connectivity index (χ1) is 17.9. The fourth-order valence-corrected chi connectivity index (χ4v) is 14.2. The lowest BCUT2D eigenvalue weighted by molar-refractivity contribution is -0.188. The maximum Gasteiger partial charge on any atom is 0.248 e. The summed E-state index contributed by atoms with van der Waals surface area (Å²) < 4.78 is 34.1. The molecule has 7 rings (SSSR count). The van der Waals surface area contributed by atoms with E-state index in [1.165, 1.54) is 11.9 Å². The number of hydrogen-bond donors (Lipinski definition) is 1. The summed E-state index contributed by atoms with van der Waals surface area (Å²) in [4.78, 5) is 4.05. The Morgan fingerprint density at radius 1 is 1.37 bits per heavy atom. The van der Waals surface area contributed by atoms with Crippen molar-refractivity contribution in [2.75, 3.05) is 5.73 Å². The topological polar surface area (TPSA) is 126 Å². The molecular weight excluding hydrogens is 545 g/mol. The predicted molar refractivity (Wildman–Crippen MR) is 145 cm³/mol. The summed E-state index contributed by atoms with van der Waals surface area (Å²) in [5.41, 5.74) is 3.11. The Kier molecular flexibility index (Phi) is 5.22. The molecule has 2 aromatic rings. The lowest BCUT2D eigenvalue weighted by atomic mass is 9.77. The molecule has 2 saturated carbocycles. The quantitative estimate of drug-likeness (QED) is 0.416. The molecule has 5 heterocycles. The molecule has 0 aromatic carbocycles. The molecule has 10 nitrogen and oxygen atoms in total. The number of anilines is 1. The van der Waals surface area contributed by atoms with Crippen molar-refractivity contribution in [1.82, 2.24) is 14.6 Å². The van der Waals surface area contributed by atoms with E-state index in [0.717, 1.165) is 19.3 Å². The Balaban J connectivity index is 1.21. The van der Waals surface area contributed by atoms with Crippen molar-refractivity contribution in [2.24, 2.45) is 5.92 Å². The third kappa shape index (κ3) is 3.28. The Labute approximate surface area is 230 Å². The van der Waals surface area contributed by atoms with Gasteiger partial charge in [0.15, 0.2) is 17.2 Å². The summed E-state index contributed by atoms with van der Waals surface area (Å²) >= 11 is 7.72. The van der Waals surface area contributed by atoms with Crippen LogP contribution in [0.5, 0.6) is 0 Å². The summed E-state index contributed by atoms with van der Waals surface area (Å²) in [6.07, 6.45) is 2.48. The van der Waals surface area contributed by atoms with Crippen molar-refractivity contribution in [1.29, 1.82) is 5.26 Å². The first-order valence-corrected chi connectivity index (χ1v) is 16.8. The van der Waals surface area contributed by atoms with E-state index in [1.54, 1.807) is 28.0 Å². The Morgan fingerprint density at radius 3 is 2.89 bits per heavy atom. The van der Waals surface area contributed by atoms with Gasteiger partial charge in [-0.3, -0.25) is 0 Å². The van der Waals surface area contributed by atoms with Gasteiger partial charge in [-0.05, 0) is 76.8 Å². The zero-order valence-corrected chi connectivity index (χ0v) is 24.1. The average molecular weight is 576 g/mol. The van der Waals surface area contributed by atoms with Crippen LogP contribution in [0.1, 0.15) is 52.7 Å². The van der Waals surface area contributed by atoms with Gasteiger partial charge in [-0.25, -0.2) is 9.50 Å². The molecule has 202 valence electrons. The van der Waals surface area contributed by atoms with E-state index in [-0.39, 0.29) is 10.9 Å². The SMILES string of the molecule is C=C(C)[C@H]1CC[C@@]2(C)S[P@](=S)(OC3[C@H]4O[C@@](C#N)(c5ccc6c(N)ncnn56)[C@@H]5OC(C)(C)O[C@]345)O[C@@H]2C1. The molecule has 1 unspecified atom stereocenters. The van der Waals surface area contributed by atoms with Crippen molar-refractivity contribution in [3.63, 3.8) is 0 Å². The molecule has 13 heteroatoms. The number of ether oxygens (including phenoxy) is 3. The standard InChI is InChI=1S/C25H30N5O5PS2/c1-13(2)14-8-9-23(5)17(10-14)33-36(37,38-23)34-19-18-25(19)21(32-22(3,4)35-25)24(11-26,31-18)16-7-6-15-20(27)28-12-29-30(15)16/h6-7,12,14,17-19,21H,1,8-10H2,2-5H3,(H2,27,28,29)/t14-,17+,18+,19?,21-,23+,24-,25-,36-/m0/s1. The maximum atomic E-state index is 10.5. The van der Waals surface area contributed by atoms with Gasteiger partial charge in [0.2, 0.25) is 11.3 Å². The number of nitriles is 1. The number of aromatic nitrogens is 3. The molecule has 0 bridgehead atoms. The van der Waals surface area contributed by atoms with Crippen LogP contribution in [0, 0.1) is 17.2 Å². The van der Waals surface area contributed by atoms with E-state index in [9.17, 15) is 5.26 Å². The number of nitrogen functional groups attached to an aromatic ring is 1. The van der Waals surface area contributed by atoms with Gasteiger partial charge in [0.25, 0.3) is 0 Å². The van der Waals surface area contributed by atoms with E-state index in [1.807, 2.05) is 13.8 Å². The van der Waals surface area contributed by atoms with Gasteiger partial charge in [-0.2, -0.15) is 10.4 Å². The molecule has 2 aromatic heterocycles. The van der Waals surface area contributed by atoms with Gasteiger partial charge < -0.3 is 29.0 Å². The molecule has 3 aliphatic heterocycles. The van der Waals surface area contributed by atoms with E-state index >= 15 is 0 Å². The molecule has 9 atom stereocenters. The molecule has 2 aliphatic carbocycles. The van der Waals surface area contributed by atoms with E-state index in [0.29, 0.717) is 22.9 Å². The van der Waals surface area contributed by atoms with Crippen LogP contribution in [0.15, 0.2) is 30.6 Å². The number of nitrogens with two attached hydrogens (primary N) is 1. The van der Waals surface area contributed by atoms with Crippen LogP contribution in [-0.2, 0) is 40.7 Å². The van der Waals surface area contributed by atoms with Crippen molar-refractivity contribution >= 4 is 40.2 Å². The minimum atomic E-state index is -2.72. The third-order valence-electron chi connectivity index (χ3n) is 8.68. The Hall–Kier alpha value is -1.55. The van der Waals surface area contributed by atoms with Crippen molar-refractivity contribution in [3.8, 4) is 6.07 Å². The third-order valence-corrected chi connectivity index (χ3v) is 14.4. The highest BCUT2D eigenvalue weighted by Crippen LogP contribution is 2.79. The minimum Gasteiger partial charge on any atom is -0.382 e. The van der Waals surface area contributed by atoms with E-state index < -0.39 is 41.0 Å². The zero-order valence-electron chi connectivity index (χ0n) is 21.6. The van der Waals surface area contributed by atoms with Crippen LogP contribution in [-0.4, -0.2) is 55.1 Å². The first-order valence-electron chi connectivity index (χ1n) is 12.8. The highest BCUT2D eigenvalue weighted by molar-refractivity contribution is 8.68. The van der Waals surface area contributed by atoms with Gasteiger partial charge in [0.1, 0.15) is 36.2 Å². The molecule has 5 fully saturated rings. The monoisotopic (exact) mass is 575 g/mol. The summed E-state index contributed by atoms with van der Waals surface area (Å²) in [7, 11) is 0. The Morgan fingerprint density at radius 2 is 2.16 bits per heavy atom. The average Bonchev–Trinajstić information content (AvgIpc) is 3.27. The maximum absolute atomic E-state index is 10.5. The summed E-state index contributed by atoms with van der Waals surface area (Å²) in [5, 5.41) is 14.9. The van der Waals surface area contributed by atoms with Crippen LogP contribution >= 0.6 is 17.1 Å². The van der Waals surface area contributed by atoms with Crippen molar-refractivity contribution < 1.29 is 23.3 Å². The lowest BCUT2D eigenvalue weighted by Crippen LogP contribution is -2.46. The molecule has 1 spiro atoms. The van der Waals surface area contributed by atoms with Gasteiger partial charge in [0, 0.05) is 4.75 Å². The first kappa shape index (κ1) is 25.4. The lowest BCUT2D eigenvalue weighted by Gasteiger charge is -2.37. The normalized spacial score (nSPS) is 46.3. The van der Waals surface area contributed by atoms with Crippen LogP contribution in [0.4, 0.5) is 5.82 Å². The second kappa shape index (κ2) is 7.80. The van der Waals surface area contributed by atoms with Crippen LogP contribution in [0.3, 0.4) is 0 Å².